The smallest absolute Gasteiger partial charge is 0.0985 e. The van der Waals surface area contributed by atoms with Gasteiger partial charge < -0.3 is 0 Å². The molecule has 0 aliphatic heterocycles. The Morgan fingerprint density at radius 1 is 1.45 bits per heavy atom. The van der Waals surface area contributed by atoms with Gasteiger partial charge in [-0.15, -0.1) is 0 Å². The second kappa shape index (κ2) is 5.08. The minimum absolute atomic E-state index is 0.268. The van der Waals surface area contributed by atoms with Gasteiger partial charge in [0.05, 0.1) is 6.17 Å². The van der Waals surface area contributed by atoms with E-state index in [0.29, 0.717) is 0 Å². The lowest BCUT2D eigenvalue weighted by atomic mass is 10.3. The summed E-state index contributed by atoms with van der Waals surface area (Å²) in [7, 11) is 4.04. The van der Waals surface area contributed by atoms with Crippen LogP contribution in [0.5, 0.6) is 0 Å². The second-order valence-corrected chi connectivity index (χ2v) is 2.91. The molecule has 0 rings (SSSR count). The van der Waals surface area contributed by atoms with Gasteiger partial charge in [0.15, 0.2) is 0 Å². The number of aliphatic imine (C=N–C) groups is 1. The lowest BCUT2D eigenvalue weighted by Crippen LogP contribution is -2.22. The molecule has 0 aliphatic rings. The quantitative estimate of drug-likeness (QED) is 0.567. The van der Waals surface area contributed by atoms with Crippen molar-refractivity contribution in [1.29, 1.82) is 0 Å². The molecule has 0 aromatic rings. The topological polar surface area (TPSA) is 15.6 Å². The summed E-state index contributed by atoms with van der Waals surface area (Å²) in [6.07, 6.45) is 4.22. The molecule has 0 fully saturated rings. The SMILES string of the molecule is C/C=C(C)\C=N/C(C)N(C)C. The van der Waals surface area contributed by atoms with E-state index >= 15 is 0 Å². The molecule has 0 N–H and O–H groups in total. The van der Waals surface area contributed by atoms with Gasteiger partial charge in [-0.1, -0.05) is 6.08 Å². The third kappa shape index (κ3) is 4.73. The van der Waals surface area contributed by atoms with Crippen molar-refractivity contribution in [3.63, 3.8) is 0 Å². The van der Waals surface area contributed by atoms with Crippen molar-refractivity contribution >= 4 is 6.21 Å². The van der Waals surface area contributed by atoms with Gasteiger partial charge in [0, 0.05) is 6.21 Å². The van der Waals surface area contributed by atoms with Crippen LogP contribution >= 0.6 is 0 Å². The maximum atomic E-state index is 4.33. The number of allylic oxidation sites excluding steroid dienone is 2. The Morgan fingerprint density at radius 3 is 2.36 bits per heavy atom. The fourth-order valence-corrected chi connectivity index (χ4v) is 0.433. The molecule has 1 unspecified atom stereocenters. The average molecular weight is 154 g/mol. The van der Waals surface area contributed by atoms with Crippen LogP contribution in [0.4, 0.5) is 0 Å². The summed E-state index contributed by atoms with van der Waals surface area (Å²) in [5.74, 6) is 0. The van der Waals surface area contributed by atoms with Crippen molar-refractivity contribution in [2.45, 2.75) is 26.9 Å². The first kappa shape index (κ1) is 10.4. The Kier molecular flexibility index (Phi) is 4.79. The third-order valence-electron chi connectivity index (χ3n) is 1.70. The molecule has 0 aliphatic carbocycles. The van der Waals surface area contributed by atoms with Gasteiger partial charge in [-0.05, 0) is 40.4 Å². The van der Waals surface area contributed by atoms with Crippen LogP contribution in [0.2, 0.25) is 0 Å². The molecule has 0 radical (unpaired) electrons. The summed E-state index contributed by atoms with van der Waals surface area (Å²) in [6.45, 7) is 6.13. The summed E-state index contributed by atoms with van der Waals surface area (Å²) < 4.78 is 0. The van der Waals surface area contributed by atoms with E-state index in [2.05, 4.69) is 16.8 Å². The number of rotatable bonds is 3. The normalized spacial score (nSPS) is 16.4. The first-order valence-electron chi connectivity index (χ1n) is 3.90. The first-order chi connectivity index (χ1) is 5.07. The molecule has 2 heteroatoms. The zero-order valence-corrected chi connectivity index (χ0v) is 8.13. The van der Waals surface area contributed by atoms with Gasteiger partial charge in [-0.3, -0.25) is 9.89 Å². The number of nitrogens with zero attached hydrogens (tertiary/aromatic N) is 2. The Bertz CT molecular complexity index is 157. The summed E-state index contributed by atoms with van der Waals surface area (Å²) >= 11 is 0. The van der Waals surface area contributed by atoms with Crippen molar-refractivity contribution in [1.82, 2.24) is 4.90 Å². The van der Waals surface area contributed by atoms with Crippen LogP contribution in [0, 0.1) is 0 Å². The van der Waals surface area contributed by atoms with Crippen LogP contribution in [-0.2, 0) is 0 Å². The monoisotopic (exact) mass is 154 g/mol. The van der Waals surface area contributed by atoms with E-state index in [0.717, 1.165) is 0 Å². The van der Waals surface area contributed by atoms with E-state index in [1.807, 2.05) is 40.2 Å². The standard InChI is InChI=1S/C9H18N2/c1-6-8(2)7-10-9(3)11(4)5/h6-7,9H,1-5H3/b8-6-,10-7-. The minimum atomic E-state index is 0.268. The van der Waals surface area contributed by atoms with Crippen molar-refractivity contribution in [2.75, 3.05) is 14.1 Å². The lowest BCUT2D eigenvalue weighted by Gasteiger charge is -2.14. The number of hydrogen-bond donors (Lipinski definition) is 0. The molecule has 0 saturated carbocycles. The van der Waals surface area contributed by atoms with Crippen LogP contribution in [0.1, 0.15) is 20.8 Å². The van der Waals surface area contributed by atoms with Gasteiger partial charge in [-0.25, -0.2) is 0 Å². The molecule has 0 aromatic carbocycles. The highest BCUT2D eigenvalue weighted by Crippen LogP contribution is 1.94. The van der Waals surface area contributed by atoms with E-state index in [-0.39, 0.29) is 6.17 Å². The zero-order chi connectivity index (χ0) is 8.85. The van der Waals surface area contributed by atoms with Gasteiger partial charge in [-0.2, -0.15) is 0 Å². The van der Waals surface area contributed by atoms with E-state index in [1.54, 1.807) is 0 Å². The molecule has 11 heavy (non-hydrogen) atoms. The van der Waals surface area contributed by atoms with Gasteiger partial charge in [0.2, 0.25) is 0 Å². The molecule has 0 bridgehead atoms. The molecule has 64 valence electrons. The Balaban J connectivity index is 3.93. The van der Waals surface area contributed by atoms with Gasteiger partial charge in [0.25, 0.3) is 0 Å². The molecule has 0 heterocycles. The van der Waals surface area contributed by atoms with Crippen molar-refractivity contribution in [3.8, 4) is 0 Å². The first-order valence-corrected chi connectivity index (χ1v) is 3.90. The average Bonchev–Trinajstić information content (AvgIpc) is 1.99. The zero-order valence-electron chi connectivity index (χ0n) is 8.13. The maximum absolute atomic E-state index is 4.33. The van der Waals surface area contributed by atoms with Crippen molar-refractivity contribution in [3.05, 3.63) is 11.6 Å². The molecule has 0 aromatic heterocycles. The number of hydrogen-bond acceptors (Lipinski definition) is 2. The fraction of sp³-hybridized carbons (Fsp3) is 0.667. The predicted octanol–water partition coefficient (Wildman–Crippen LogP) is 1.93. The molecular formula is C9H18N2. The molecule has 0 spiro atoms. The molecule has 0 saturated heterocycles. The van der Waals surface area contributed by atoms with E-state index in [4.69, 9.17) is 0 Å². The van der Waals surface area contributed by atoms with Crippen molar-refractivity contribution in [2.24, 2.45) is 4.99 Å². The molecule has 2 nitrogen and oxygen atoms in total. The lowest BCUT2D eigenvalue weighted by molar-refractivity contribution is 0.325. The predicted molar refractivity (Wildman–Crippen MR) is 51.1 cm³/mol. The van der Waals surface area contributed by atoms with Gasteiger partial charge >= 0.3 is 0 Å². The minimum Gasteiger partial charge on any atom is -0.288 e. The van der Waals surface area contributed by atoms with Crippen LogP contribution in [0.15, 0.2) is 16.6 Å². The summed E-state index contributed by atoms with van der Waals surface area (Å²) in [4.78, 5) is 6.40. The molecule has 1 atom stereocenters. The highest BCUT2D eigenvalue weighted by atomic mass is 15.2. The second-order valence-electron chi connectivity index (χ2n) is 2.91. The third-order valence-corrected chi connectivity index (χ3v) is 1.70. The largest absolute Gasteiger partial charge is 0.288 e. The fourth-order valence-electron chi connectivity index (χ4n) is 0.433. The highest BCUT2D eigenvalue weighted by molar-refractivity contribution is 5.77. The van der Waals surface area contributed by atoms with Crippen LogP contribution in [-0.4, -0.2) is 31.4 Å². The van der Waals surface area contributed by atoms with Crippen LogP contribution < -0.4 is 0 Å². The maximum Gasteiger partial charge on any atom is 0.0985 e. The van der Waals surface area contributed by atoms with Crippen LogP contribution in [0.25, 0.3) is 0 Å². The summed E-state index contributed by atoms with van der Waals surface area (Å²) in [6, 6.07) is 0. The van der Waals surface area contributed by atoms with E-state index in [1.165, 1.54) is 5.57 Å². The van der Waals surface area contributed by atoms with Gasteiger partial charge in [0.1, 0.15) is 0 Å². The Morgan fingerprint density at radius 2 is 2.00 bits per heavy atom. The van der Waals surface area contributed by atoms with E-state index < -0.39 is 0 Å². The summed E-state index contributed by atoms with van der Waals surface area (Å²) in [5.41, 5.74) is 1.21. The summed E-state index contributed by atoms with van der Waals surface area (Å²) in [5, 5.41) is 0. The Hall–Kier alpha value is -0.630. The van der Waals surface area contributed by atoms with Crippen molar-refractivity contribution < 1.29 is 0 Å². The Labute approximate surface area is 69.6 Å². The highest BCUT2D eigenvalue weighted by Gasteiger charge is 1.97. The molecule has 0 amide bonds. The molecular weight excluding hydrogens is 136 g/mol. The van der Waals surface area contributed by atoms with E-state index in [9.17, 15) is 0 Å². The van der Waals surface area contributed by atoms with Crippen LogP contribution in [0.3, 0.4) is 0 Å².